The summed E-state index contributed by atoms with van der Waals surface area (Å²) in [6, 6.07) is 0. The topological polar surface area (TPSA) is 51.3 Å². The molecule has 1 aliphatic carbocycles. The molecule has 0 amide bonds. The molecule has 2 aromatic heterocycles. The molecule has 2 aliphatic rings. The van der Waals surface area contributed by atoms with Gasteiger partial charge in [-0.2, -0.15) is 0 Å². The first-order valence-electron chi connectivity index (χ1n) is 7.34. The molecule has 0 atom stereocenters. The Morgan fingerprint density at radius 2 is 2.24 bits per heavy atom. The summed E-state index contributed by atoms with van der Waals surface area (Å²) in [5, 5.41) is 0.986. The summed E-state index contributed by atoms with van der Waals surface area (Å²) in [5.74, 6) is 0.832. The van der Waals surface area contributed by atoms with E-state index < -0.39 is 0 Å². The van der Waals surface area contributed by atoms with Crippen molar-refractivity contribution in [3.63, 3.8) is 0 Å². The van der Waals surface area contributed by atoms with Gasteiger partial charge in [0.25, 0.3) is 5.56 Å². The number of nitrogens with one attached hydrogen (secondary N) is 1. The lowest BCUT2D eigenvalue weighted by Crippen LogP contribution is -2.22. The minimum absolute atomic E-state index is 0.0385. The van der Waals surface area contributed by atoms with E-state index >= 15 is 0 Å². The zero-order valence-electron chi connectivity index (χ0n) is 11.5. The third-order valence-electron chi connectivity index (χ3n) is 4.29. The van der Waals surface area contributed by atoms with Gasteiger partial charge in [0.1, 0.15) is 8.49 Å². The number of aromatic nitrogens is 1. The van der Waals surface area contributed by atoms with Gasteiger partial charge in [-0.3, -0.25) is 4.79 Å². The number of rotatable bonds is 3. The highest BCUT2D eigenvalue weighted by Gasteiger charge is 2.24. The van der Waals surface area contributed by atoms with Gasteiger partial charge in [-0.05, 0) is 53.6 Å². The number of pyridine rings is 1. The normalized spacial score (nSPS) is 18.3. The summed E-state index contributed by atoms with van der Waals surface area (Å²) in [6.45, 7) is 1.19. The van der Waals surface area contributed by atoms with Crippen LogP contribution in [0.1, 0.15) is 36.9 Å². The molecule has 1 N–H and O–H groups in total. The minimum atomic E-state index is -0.0385. The summed E-state index contributed by atoms with van der Waals surface area (Å²) in [6.07, 6.45) is 5.78. The monoisotopic (exact) mass is 369 g/mol. The van der Waals surface area contributed by atoms with Crippen molar-refractivity contribution in [3.05, 3.63) is 25.4 Å². The van der Waals surface area contributed by atoms with E-state index in [-0.39, 0.29) is 5.56 Å². The van der Waals surface area contributed by atoms with Crippen LogP contribution in [0.15, 0.2) is 8.58 Å². The van der Waals surface area contributed by atoms with Crippen LogP contribution < -0.4 is 10.3 Å². The average Bonchev–Trinajstić information content (AvgIpc) is 2.61. The minimum Gasteiger partial charge on any atom is -0.491 e. The van der Waals surface area contributed by atoms with Gasteiger partial charge in [0.15, 0.2) is 5.75 Å². The van der Waals surface area contributed by atoms with Gasteiger partial charge in [-0.15, -0.1) is 11.3 Å². The summed E-state index contributed by atoms with van der Waals surface area (Å²) < 4.78 is 13.4. The quantitative estimate of drug-likeness (QED) is 0.896. The van der Waals surface area contributed by atoms with Gasteiger partial charge in [-0.1, -0.05) is 0 Å². The number of hydrogen-bond acceptors (Lipinski definition) is 4. The van der Waals surface area contributed by atoms with Crippen LogP contribution in [0.4, 0.5) is 0 Å². The molecule has 112 valence electrons. The summed E-state index contributed by atoms with van der Waals surface area (Å²) >= 11 is 4.97. The molecule has 0 bridgehead atoms. The molecule has 4 nitrogen and oxygen atoms in total. The van der Waals surface area contributed by atoms with E-state index in [9.17, 15) is 4.79 Å². The molecule has 0 radical (unpaired) electrons. The van der Waals surface area contributed by atoms with E-state index in [1.54, 1.807) is 0 Å². The van der Waals surface area contributed by atoms with Gasteiger partial charge in [0, 0.05) is 11.1 Å². The lowest BCUT2D eigenvalue weighted by Gasteiger charge is -2.25. The second-order valence-electron chi connectivity index (χ2n) is 5.64. The van der Waals surface area contributed by atoms with E-state index in [1.165, 1.54) is 23.3 Å². The van der Waals surface area contributed by atoms with Crippen LogP contribution >= 0.6 is 27.3 Å². The number of ether oxygens (including phenoxy) is 2. The molecule has 0 aromatic carbocycles. The lowest BCUT2D eigenvalue weighted by molar-refractivity contribution is -0.0104. The van der Waals surface area contributed by atoms with E-state index in [0.29, 0.717) is 19.3 Å². The first-order valence-corrected chi connectivity index (χ1v) is 8.95. The van der Waals surface area contributed by atoms with Gasteiger partial charge >= 0.3 is 0 Å². The summed E-state index contributed by atoms with van der Waals surface area (Å²) in [7, 11) is 0. The zero-order valence-corrected chi connectivity index (χ0v) is 13.9. The second-order valence-corrected chi connectivity index (χ2v) is 7.97. The van der Waals surface area contributed by atoms with Gasteiger partial charge in [0.2, 0.25) is 0 Å². The predicted molar refractivity (Wildman–Crippen MR) is 86.4 cm³/mol. The number of hydrogen-bond donors (Lipinski definition) is 1. The average molecular weight is 370 g/mol. The highest BCUT2D eigenvalue weighted by molar-refractivity contribution is 9.11. The van der Waals surface area contributed by atoms with Crippen LogP contribution in [-0.2, 0) is 17.8 Å². The Hall–Kier alpha value is -0.850. The molecule has 1 saturated carbocycles. The molecule has 0 spiro atoms. The molecular formula is C15H16BrNO3S. The first kappa shape index (κ1) is 13.8. The number of halogens is 1. The van der Waals surface area contributed by atoms with Crippen molar-refractivity contribution in [2.45, 2.75) is 44.8 Å². The SMILES string of the molecule is O=c1[nH]c(COC2CCC2)c2c3c(c(Br)sc13)OCCC2. The number of aromatic amines is 1. The maximum atomic E-state index is 12.3. The summed E-state index contributed by atoms with van der Waals surface area (Å²) in [4.78, 5) is 15.3. The molecule has 3 heterocycles. The Bertz CT molecular complexity index is 747. The molecule has 4 rings (SSSR count). The number of aryl methyl sites for hydroxylation is 1. The van der Waals surface area contributed by atoms with Crippen molar-refractivity contribution in [1.82, 2.24) is 4.98 Å². The van der Waals surface area contributed by atoms with E-state index in [1.807, 2.05) is 0 Å². The molecule has 2 aromatic rings. The van der Waals surface area contributed by atoms with Crippen LogP contribution in [0.5, 0.6) is 5.75 Å². The van der Waals surface area contributed by atoms with Crippen LogP contribution in [0.3, 0.4) is 0 Å². The molecular weight excluding hydrogens is 354 g/mol. The fraction of sp³-hybridized carbons (Fsp3) is 0.533. The lowest BCUT2D eigenvalue weighted by atomic mass is 9.96. The Labute approximate surface area is 134 Å². The van der Waals surface area contributed by atoms with Crippen LogP contribution in [0.2, 0.25) is 0 Å². The van der Waals surface area contributed by atoms with E-state index in [4.69, 9.17) is 9.47 Å². The Kier molecular flexibility index (Phi) is 3.55. The molecule has 0 saturated heterocycles. The summed E-state index contributed by atoms with van der Waals surface area (Å²) in [5.41, 5.74) is 2.08. The Morgan fingerprint density at radius 3 is 3.00 bits per heavy atom. The van der Waals surface area contributed by atoms with Gasteiger partial charge in [-0.25, -0.2) is 0 Å². The van der Waals surface area contributed by atoms with Crippen LogP contribution in [0.25, 0.3) is 10.1 Å². The van der Waals surface area contributed by atoms with Gasteiger partial charge < -0.3 is 14.5 Å². The highest BCUT2D eigenvalue weighted by Crippen LogP contribution is 2.44. The smallest absolute Gasteiger partial charge is 0.266 e. The van der Waals surface area contributed by atoms with Crippen molar-refractivity contribution in [2.75, 3.05) is 6.61 Å². The molecule has 1 fully saturated rings. The molecule has 1 aliphatic heterocycles. The fourth-order valence-electron chi connectivity index (χ4n) is 2.93. The van der Waals surface area contributed by atoms with Crippen LogP contribution in [-0.4, -0.2) is 17.7 Å². The predicted octanol–water partition coefficient (Wildman–Crippen LogP) is 3.75. The highest BCUT2D eigenvalue weighted by atomic mass is 79.9. The third kappa shape index (κ3) is 2.33. The zero-order chi connectivity index (χ0) is 14.4. The van der Waals surface area contributed by atoms with E-state index in [2.05, 4.69) is 20.9 Å². The first-order chi connectivity index (χ1) is 10.2. The van der Waals surface area contributed by atoms with Gasteiger partial charge in [0.05, 0.1) is 19.3 Å². The largest absolute Gasteiger partial charge is 0.491 e. The maximum Gasteiger partial charge on any atom is 0.266 e. The Balaban J connectivity index is 1.82. The second kappa shape index (κ2) is 5.41. The van der Waals surface area contributed by atoms with E-state index in [0.717, 1.165) is 51.0 Å². The van der Waals surface area contributed by atoms with Crippen molar-refractivity contribution < 1.29 is 9.47 Å². The van der Waals surface area contributed by atoms with Crippen molar-refractivity contribution >= 4 is 37.4 Å². The fourth-order valence-corrected chi connectivity index (χ4v) is 4.63. The van der Waals surface area contributed by atoms with Crippen LogP contribution in [0, 0.1) is 0 Å². The standard InChI is InChI=1S/C15H16BrNO3S/c16-14-12-11-9(5-2-6-19-12)10(7-20-8-3-1-4-8)17-15(18)13(11)21-14/h8H,1-7H2,(H,17,18). The van der Waals surface area contributed by atoms with Crippen molar-refractivity contribution in [2.24, 2.45) is 0 Å². The molecule has 0 unspecified atom stereocenters. The maximum absolute atomic E-state index is 12.3. The molecule has 6 heteroatoms. The molecule has 21 heavy (non-hydrogen) atoms. The number of H-pyrrole nitrogens is 1. The van der Waals surface area contributed by atoms with Crippen molar-refractivity contribution in [3.8, 4) is 5.75 Å². The Morgan fingerprint density at radius 1 is 1.38 bits per heavy atom. The van der Waals surface area contributed by atoms with Crippen molar-refractivity contribution in [1.29, 1.82) is 0 Å². The number of thiophene rings is 1. The third-order valence-corrected chi connectivity index (χ3v) is 6.10.